The van der Waals surface area contributed by atoms with Crippen LogP contribution in [0.4, 0.5) is 5.69 Å². The van der Waals surface area contributed by atoms with Crippen LogP contribution in [0.15, 0.2) is 29.5 Å². The molecule has 0 atom stereocenters. The molecular weight excluding hydrogens is 306 g/mol. The quantitative estimate of drug-likeness (QED) is 0.659. The number of imide groups is 1. The summed E-state index contributed by atoms with van der Waals surface area (Å²) in [6, 6.07) is 9.41. The normalized spacial score (nSPS) is 12.8. The molecule has 7 nitrogen and oxygen atoms in total. The van der Waals surface area contributed by atoms with E-state index in [0.29, 0.717) is 5.69 Å². The second kappa shape index (κ2) is 5.87. The molecule has 1 aliphatic heterocycles. The summed E-state index contributed by atoms with van der Waals surface area (Å²) in [5.74, 6) is -0.797. The summed E-state index contributed by atoms with van der Waals surface area (Å²) in [6.45, 7) is 5.28. The number of amides is 2. The number of allylic oxidation sites excluding steroid dienone is 2. The van der Waals surface area contributed by atoms with Crippen LogP contribution in [-0.4, -0.2) is 22.3 Å². The predicted molar refractivity (Wildman–Crippen MR) is 84.2 cm³/mol. The van der Waals surface area contributed by atoms with Crippen LogP contribution in [0.3, 0.4) is 0 Å². The highest BCUT2D eigenvalue weighted by Gasteiger charge is 2.41. The van der Waals surface area contributed by atoms with Gasteiger partial charge in [0.2, 0.25) is 0 Å². The molecule has 2 amide bonds. The minimum atomic E-state index is -0.659. The van der Waals surface area contributed by atoms with Crippen molar-refractivity contribution in [2.75, 3.05) is 5.32 Å². The summed E-state index contributed by atoms with van der Waals surface area (Å²) >= 11 is 0. The first kappa shape index (κ1) is 16.7. The van der Waals surface area contributed by atoms with Crippen LogP contribution >= 0.6 is 0 Å². The molecule has 24 heavy (non-hydrogen) atoms. The van der Waals surface area contributed by atoms with Gasteiger partial charge in [-0.2, -0.15) is 15.8 Å². The Balaban J connectivity index is 2.46. The largest absolute Gasteiger partial charge is 0.345 e. The third-order valence-electron chi connectivity index (χ3n) is 3.41. The molecule has 118 valence electrons. The van der Waals surface area contributed by atoms with Crippen LogP contribution in [-0.2, 0) is 0 Å². The maximum Gasteiger partial charge on any atom is 0.262 e. The summed E-state index contributed by atoms with van der Waals surface area (Å²) < 4.78 is 0. The van der Waals surface area contributed by atoms with Crippen molar-refractivity contribution >= 4 is 17.5 Å². The third-order valence-corrected chi connectivity index (χ3v) is 3.41. The van der Waals surface area contributed by atoms with Gasteiger partial charge in [0.25, 0.3) is 11.8 Å². The lowest BCUT2D eigenvalue weighted by molar-refractivity contribution is 0.0508. The molecule has 0 unspecified atom stereocenters. The molecule has 0 spiro atoms. The van der Waals surface area contributed by atoms with Gasteiger partial charge in [0.15, 0.2) is 5.57 Å². The zero-order chi connectivity index (χ0) is 18.1. The van der Waals surface area contributed by atoms with Crippen molar-refractivity contribution < 1.29 is 9.59 Å². The van der Waals surface area contributed by atoms with E-state index in [4.69, 9.17) is 15.8 Å². The number of nitrogens with zero attached hydrogens (tertiary/aromatic N) is 4. The number of benzene rings is 1. The maximum absolute atomic E-state index is 12.5. The molecule has 0 saturated heterocycles. The number of nitriles is 3. The van der Waals surface area contributed by atoms with Gasteiger partial charge in [-0.15, -0.1) is 0 Å². The van der Waals surface area contributed by atoms with Crippen molar-refractivity contribution in [3.05, 3.63) is 40.6 Å². The zero-order valence-corrected chi connectivity index (χ0v) is 13.3. The number of fused-ring (bicyclic) bond motifs is 1. The van der Waals surface area contributed by atoms with Gasteiger partial charge in [-0.25, -0.2) is 0 Å². The first-order valence-corrected chi connectivity index (χ1v) is 6.99. The van der Waals surface area contributed by atoms with E-state index in [0.717, 1.165) is 0 Å². The molecule has 1 aromatic rings. The molecule has 1 aliphatic rings. The Morgan fingerprint density at radius 1 is 1.00 bits per heavy atom. The predicted octanol–water partition coefficient (Wildman–Crippen LogP) is 2.32. The number of carbonyl (C=O) groups is 2. The van der Waals surface area contributed by atoms with E-state index in [2.05, 4.69) is 5.32 Å². The molecule has 1 aromatic carbocycles. The van der Waals surface area contributed by atoms with E-state index in [-0.39, 0.29) is 28.3 Å². The summed E-state index contributed by atoms with van der Waals surface area (Å²) in [5, 5.41) is 29.4. The molecule has 0 radical (unpaired) electrons. The first-order chi connectivity index (χ1) is 11.2. The monoisotopic (exact) mass is 319 g/mol. The second-order valence-electron chi connectivity index (χ2n) is 6.09. The fourth-order valence-corrected chi connectivity index (χ4v) is 2.36. The molecule has 0 bridgehead atoms. The standard InChI is InChI=1S/C17H13N5O2/c1-17(2,3)22-15(23)12-5-4-11(6-13(12)16(22)24)21-14(9-20)10(7-18)8-19/h4-6,21H,1-3H3. The van der Waals surface area contributed by atoms with Gasteiger partial charge in [-0.3, -0.25) is 14.5 Å². The molecule has 0 saturated carbocycles. The van der Waals surface area contributed by atoms with Gasteiger partial charge in [0.1, 0.15) is 23.9 Å². The maximum atomic E-state index is 12.5. The fraction of sp³-hybridized carbons (Fsp3) is 0.235. The van der Waals surface area contributed by atoms with Gasteiger partial charge in [-0.1, -0.05) is 0 Å². The molecule has 2 rings (SSSR count). The fourth-order valence-electron chi connectivity index (χ4n) is 2.36. The summed E-state index contributed by atoms with van der Waals surface area (Å²) in [7, 11) is 0. The average molecular weight is 319 g/mol. The number of anilines is 1. The van der Waals surface area contributed by atoms with E-state index in [9.17, 15) is 9.59 Å². The lowest BCUT2D eigenvalue weighted by Crippen LogP contribution is -2.45. The van der Waals surface area contributed by atoms with Crippen LogP contribution in [0.1, 0.15) is 41.5 Å². The molecule has 0 aliphatic carbocycles. The van der Waals surface area contributed by atoms with Crippen molar-refractivity contribution in [1.82, 2.24) is 4.90 Å². The molecule has 0 fully saturated rings. The molecular formula is C17H13N5O2. The smallest absolute Gasteiger partial charge is 0.262 e. The minimum absolute atomic E-state index is 0.215. The first-order valence-electron chi connectivity index (χ1n) is 6.99. The number of hydrogen-bond acceptors (Lipinski definition) is 6. The summed E-state index contributed by atoms with van der Waals surface area (Å²) in [5.41, 5.74) is -0.407. The van der Waals surface area contributed by atoms with E-state index in [1.807, 2.05) is 0 Å². The van der Waals surface area contributed by atoms with Crippen LogP contribution in [0.25, 0.3) is 0 Å². The van der Waals surface area contributed by atoms with Crippen LogP contribution < -0.4 is 5.32 Å². The number of carbonyl (C=O) groups excluding carboxylic acids is 2. The van der Waals surface area contributed by atoms with E-state index in [1.165, 1.54) is 23.1 Å². The summed E-state index contributed by atoms with van der Waals surface area (Å²) in [6.07, 6.45) is 0. The second-order valence-corrected chi connectivity index (χ2v) is 6.09. The van der Waals surface area contributed by atoms with Crippen molar-refractivity contribution in [2.45, 2.75) is 26.3 Å². The van der Waals surface area contributed by atoms with Crippen molar-refractivity contribution in [1.29, 1.82) is 15.8 Å². The van der Waals surface area contributed by atoms with Crippen molar-refractivity contribution in [2.24, 2.45) is 0 Å². The number of rotatable bonds is 2. The highest BCUT2D eigenvalue weighted by Crippen LogP contribution is 2.31. The Bertz CT molecular complexity index is 885. The molecule has 0 aromatic heterocycles. The molecule has 1 N–H and O–H groups in total. The van der Waals surface area contributed by atoms with Crippen molar-refractivity contribution in [3.63, 3.8) is 0 Å². The van der Waals surface area contributed by atoms with E-state index >= 15 is 0 Å². The van der Waals surface area contributed by atoms with Crippen molar-refractivity contribution in [3.8, 4) is 18.2 Å². The van der Waals surface area contributed by atoms with Gasteiger partial charge < -0.3 is 5.32 Å². The lowest BCUT2D eigenvalue weighted by Gasteiger charge is -2.29. The highest BCUT2D eigenvalue weighted by molar-refractivity contribution is 6.22. The Morgan fingerprint density at radius 3 is 2.08 bits per heavy atom. The molecule has 1 heterocycles. The van der Waals surface area contributed by atoms with E-state index in [1.54, 1.807) is 39.0 Å². The molecule has 7 heteroatoms. The Morgan fingerprint density at radius 2 is 1.58 bits per heavy atom. The Hall–Kier alpha value is -3.63. The third kappa shape index (κ3) is 2.69. The van der Waals surface area contributed by atoms with Gasteiger partial charge in [0.05, 0.1) is 11.1 Å². The van der Waals surface area contributed by atoms with Gasteiger partial charge in [-0.05, 0) is 39.0 Å². The SMILES string of the molecule is CC(C)(C)N1C(=O)c2ccc(NC(C#N)=C(C#N)C#N)cc2C1=O. The average Bonchev–Trinajstić information content (AvgIpc) is 2.78. The highest BCUT2D eigenvalue weighted by atomic mass is 16.2. The number of nitrogens with one attached hydrogen (secondary N) is 1. The van der Waals surface area contributed by atoms with Gasteiger partial charge in [0, 0.05) is 11.2 Å². The van der Waals surface area contributed by atoms with Crippen LogP contribution in [0.5, 0.6) is 0 Å². The Kier molecular flexibility index (Phi) is 4.09. The van der Waals surface area contributed by atoms with Gasteiger partial charge >= 0.3 is 0 Å². The lowest BCUT2D eigenvalue weighted by atomic mass is 10.1. The number of hydrogen-bond donors (Lipinski definition) is 1. The minimum Gasteiger partial charge on any atom is -0.345 e. The van der Waals surface area contributed by atoms with E-state index < -0.39 is 11.4 Å². The zero-order valence-electron chi connectivity index (χ0n) is 13.3. The summed E-state index contributed by atoms with van der Waals surface area (Å²) in [4.78, 5) is 26.1. The van der Waals surface area contributed by atoms with Crippen LogP contribution in [0.2, 0.25) is 0 Å². The Labute approximate surface area is 139 Å². The van der Waals surface area contributed by atoms with Crippen LogP contribution in [0, 0.1) is 34.0 Å². The topological polar surface area (TPSA) is 121 Å².